The molecule has 1 aliphatic rings. The van der Waals surface area contributed by atoms with Crippen LogP contribution in [0.3, 0.4) is 0 Å². The number of benzene rings is 1. The minimum absolute atomic E-state index is 0.267. The summed E-state index contributed by atoms with van der Waals surface area (Å²) >= 11 is 0. The van der Waals surface area contributed by atoms with E-state index in [4.69, 9.17) is 0 Å². The first-order valence-corrected chi connectivity index (χ1v) is 7.16. The number of hydrogen-bond acceptors (Lipinski definition) is 2. The van der Waals surface area contributed by atoms with Gasteiger partial charge in [-0.15, -0.1) is 0 Å². The fraction of sp³-hybridized carbons (Fsp3) is 0.625. The maximum absolute atomic E-state index is 9.93. The molecule has 100 valence electrons. The maximum Gasteiger partial charge on any atom is 0.120 e. The second-order valence-corrected chi connectivity index (χ2v) is 5.92. The summed E-state index contributed by atoms with van der Waals surface area (Å²) in [5.41, 5.74) is 1.49. The van der Waals surface area contributed by atoms with E-state index in [1.807, 2.05) is 18.2 Å². The molecule has 18 heavy (non-hydrogen) atoms. The van der Waals surface area contributed by atoms with E-state index in [1.165, 1.54) is 25.7 Å². The van der Waals surface area contributed by atoms with Crippen molar-refractivity contribution in [2.75, 3.05) is 6.54 Å². The van der Waals surface area contributed by atoms with E-state index in [0.717, 1.165) is 18.5 Å². The van der Waals surface area contributed by atoms with Gasteiger partial charge in [0.15, 0.2) is 0 Å². The van der Waals surface area contributed by atoms with E-state index in [9.17, 15) is 5.11 Å². The van der Waals surface area contributed by atoms with E-state index in [-0.39, 0.29) is 6.04 Å². The molecule has 2 nitrogen and oxygen atoms in total. The number of aromatic hydroxyl groups is 1. The topological polar surface area (TPSA) is 32.3 Å². The van der Waals surface area contributed by atoms with Gasteiger partial charge >= 0.3 is 0 Å². The molecule has 0 aliphatic heterocycles. The van der Waals surface area contributed by atoms with Gasteiger partial charge in [-0.05, 0) is 30.7 Å². The fourth-order valence-electron chi connectivity index (χ4n) is 3.03. The Morgan fingerprint density at radius 3 is 2.56 bits per heavy atom. The van der Waals surface area contributed by atoms with Gasteiger partial charge in [-0.3, -0.25) is 0 Å². The second kappa shape index (κ2) is 5.75. The number of rotatable bonds is 5. The highest BCUT2D eigenvalue weighted by atomic mass is 16.3. The first kappa shape index (κ1) is 13.4. The Kier molecular flexibility index (Phi) is 4.28. The summed E-state index contributed by atoms with van der Waals surface area (Å²) in [5.74, 6) is 0.411. The third-order valence-corrected chi connectivity index (χ3v) is 4.31. The third-order valence-electron chi connectivity index (χ3n) is 4.31. The molecule has 0 bridgehead atoms. The summed E-state index contributed by atoms with van der Waals surface area (Å²) in [4.78, 5) is 0. The Balaban J connectivity index is 1.99. The van der Waals surface area contributed by atoms with E-state index >= 15 is 0 Å². The fourth-order valence-corrected chi connectivity index (χ4v) is 3.03. The molecule has 1 atom stereocenters. The predicted molar refractivity (Wildman–Crippen MR) is 75.7 cm³/mol. The maximum atomic E-state index is 9.93. The van der Waals surface area contributed by atoms with Gasteiger partial charge in [0, 0.05) is 18.2 Å². The quantitative estimate of drug-likeness (QED) is 0.824. The lowest BCUT2D eigenvalue weighted by Gasteiger charge is -2.28. The number of hydrogen-bond donors (Lipinski definition) is 2. The molecular formula is C16H25NO. The summed E-state index contributed by atoms with van der Waals surface area (Å²) in [6.07, 6.45) is 6.40. The van der Waals surface area contributed by atoms with Gasteiger partial charge in [-0.1, -0.05) is 44.9 Å². The van der Waals surface area contributed by atoms with Gasteiger partial charge in [0.1, 0.15) is 5.75 Å². The second-order valence-electron chi connectivity index (χ2n) is 5.92. The van der Waals surface area contributed by atoms with Crippen molar-refractivity contribution >= 4 is 0 Å². The van der Waals surface area contributed by atoms with Crippen LogP contribution < -0.4 is 5.32 Å². The first-order valence-electron chi connectivity index (χ1n) is 7.16. The van der Waals surface area contributed by atoms with Crippen molar-refractivity contribution in [3.05, 3.63) is 29.8 Å². The minimum Gasteiger partial charge on any atom is -0.508 e. The Morgan fingerprint density at radius 2 is 1.94 bits per heavy atom. The third kappa shape index (κ3) is 3.05. The lowest BCUT2D eigenvalue weighted by Crippen LogP contribution is -2.32. The number of para-hydroxylation sites is 1. The molecule has 1 unspecified atom stereocenters. The summed E-state index contributed by atoms with van der Waals surface area (Å²) < 4.78 is 0. The molecule has 1 aliphatic carbocycles. The Labute approximate surface area is 110 Å². The lowest BCUT2D eigenvalue weighted by atomic mass is 9.88. The van der Waals surface area contributed by atoms with E-state index < -0.39 is 0 Å². The SMILES string of the molecule is CCC(NCC1(C)CCCC1)c1ccccc1O. The van der Waals surface area contributed by atoms with Crippen molar-refractivity contribution in [3.8, 4) is 5.75 Å². The molecule has 0 radical (unpaired) electrons. The summed E-state index contributed by atoms with van der Waals surface area (Å²) in [5, 5.41) is 13.6. The Hall–Kier alpha value is -1.02. The van der Waals surface area contributed by atoms with Crippen molar-refractivity contribution in [1.29, 1.82) is 0 Å². The van der Waals surface area contributed by atoms with Crippen molar-refractivity contribution in [2.24, 2.45) is 5.41 Å². The van der Waals surface area contributed by atoms with E-state index in [1.54, 1.807) is 6.07 Å². The monoisotopic (exact) mass is 247 g/mol. The number of phenols is 1. The standard InChI is InChI=1S/C16H25NO/c1-3-14(13-8-4-5-9-15(13)18)17-12-16(2)10-6-7-11-16/h4-5,8-9,14,17-18H,3,6-7,10-12H2,1-2H3. The zero-order chi connectivity index (χ0) is 13.0. The molecule has 1 aromatic carbocycles. The van der Waals surface area contributed by atoms with Gasteiger partial charge in [0.2, 0.25) is 0 Å². The Morgan fingerprint density at radius 1 is 1.28 bits per heavy atom. The molecule has 0 aromatic heterocycles. The molecule has 0 heterocycles. The Bertz CT molecular complexity index is 382. The highest BCUT2D eigenvalue weighted by Crippen LogP contribution is 2.37. The molecule has 1 aromatic rings. The first-order chi connectivity index (χ1) is 8.64. The van der Waals surface area contributed by atoms with Crippen molar-refractivity contribution in [2.45, 2.75) is 52.0 Å². The van der Waals surface area contributed by atoms with Crippen LogP contribution in [0.15, 0.2) is 24.3 Å². The van der Waals surface area contributed by atoms with Crippen molar-refractivity contribution in [1.82, 2.24) is 5.32 Å². The van der Waals surface area contributed by atoms with Crippen LogP contribution in [-0.4, -0.2) is 11.7 Å². The summed E-state index contributed by atoms with van der Waals surface area (Å²) in [6, 6.07) is 7.94. The van der Waals surface area contributed by atoms with Gasteiger partial charge < -0.3 is 10.4 Å². The minimum atomic E-state index is 0.267. The van der Waals surface area contributed by atoms with Gasteiger partial charge in [0.25, 0.3) is 0 Å². The molecule has 2 N–H and O–H groups in total. The lowest BCUT2D eigenvalue weighted by molar-refractivity contribution is 0.293. The molecule has 2 rings (SSSR count). The number of phenolic OH excluding ortho intramolecular Hbond substituents is 1. The van der Waals surface area contributed by atoms with Gasteiger partial charge in [-0.2, -0.15) is 0 Å². The molecule has 2 heteroatoms. The molecule has 0 saturated heterocycles. The van der Waals surface area contributed by atoms with Crippen LogP contribution in [0.25, 0.3) is 0 Å². The van der Waals surface area contributed by atoms with Crippen LogP contribution in [0.5, 0.6) is 5.75 Å². The van der Waals surface area contributed by atoms with Crippen molar-refractivity contribution in [3.63, 3.8) is 0 Å². The largest absolute Gasteiger partial charge is 0.508 e. The van der Waals surface area contributed by atoms with Crippen LogP contribution in [0, 0.1) is 5.41 Å². The van der Waals surface area contributed by atoms with Crippen LogP contribution in [-0.2, 0) is 0 Å². The predicted octanol–water partition coefficient (Wildman–Crippen LogP) is 4.01. The average Bonchev–Trinajstić information content (AvgIpc) is 2.79. The smallest absolute Gasteiger partial charge is 0.120 e. The zero-order valence-electron chi connectivity index (χ0n) is 11.6. The van der Waals surface area contributed by atoms with Crippen LogP contribution in [0.4, 0.5) is 0 Å². The molecule has 0 amide bonds. The van der Waals surface area contributed by atoms with Crippen molar-refractivity contribution < 1.29 is 5.11 Å². The molecule has 1 fully saturated rings. The number of nitrogens with one attached hydrogen (secondary N) is 1. The highest BCUT2D eigenvalue weighted by Gasteiger charge is 2.29. The molecule has 1 saturated carbocycles. The van der Waals surface area contributed by atoms with Crippen LogP contribution in [0.2, 0.25) is 0 Å². The highest BCUT2D eigenvalue weighted by molar-refractivity contribution is 5.34. The van der Waals surface area contributed by atoms with Gasteiger partial charge in [0.05, 0.1) is 0 Å². The zero-order valence-corrected chi connectivity index (χ0v) is 11.6. The molecule has 0 spiro atoms. The normalized spacial score (nSPS) is 19.9. The van der Waals surface area contributed by atoms with E-state index in [0.29, 0.717) is 11.2 Å². The summed E-state index contributed by atoms with van der Waals surface area (Å²) in [6.45, 7) is 5.60. The van der Waals surface area contributed by atoms with E-state index in [2.05, 4.69) is 19.2 Å². The average molecular weight is 247 g/mol. The van der Waals surface area contributed by atoms with Gasteiger partial charge in [-0.25, -0.2) is 0 Å². The summed E-state index contributed by atoms with van der Waals surface area (Å²) in [7, 11) is 0. The van der Waals surface area contributed by atoms with Crippen LogP contribution >= 0.6 is 0 Å². The molecular weight excluding hydrogens is 222 g/mol. The van der Waals surface area contributed by atoms with Crippen LogP contribution in [0.1, 0.15) is 57.6 Å².